The molecule has 0 saturated heterocycles. The van der Waals surface area contributed by atoms with Gasteiger partial charge in [0.2, 0.25) is 0 Å². The van der Waals surface area contributed by atoms with E-state index in [1.165, 1.54) is 110 Å². The number of rotatable bonds is 8. The quantitative estimate of drug-likeness (QED) is 0.215. The van der Waals surface area contributed by atoms with Crippen LogP contribution >= 0.6 is 0 Å². The van der Waals surface area contributed by atoms with Crippen LogP contribution in [-0.2, 0) is 43.5 Å². The summed E-state index contributed by atoms with van der Waals surface area (Å²) in [5, 5.41) is 0. The van der Waals surface area contributed by atoms with Gasteiger partial charge in [-0.2, -0.15) is 48.0 Å². The summed E-state index contributed by atoms with van der Waals surface area (Å²) in [7, 11) is 0. The van der Waals surface area contributed by atoms with E-state index in [1.54, 1.807) is 0 Å². The van der Waals surface area contributed by atoms with Gasteiger partial charge in [0.25, 0.3) is 0 Å². The van der Waals surface area contributed by atoms with Crippen molar-refractivity contribution < 1.29 is 49.0 Å². The van der Waals surface area contributed by atoms with Gasteiger partial charge in [-0.1, -0.05) is 35.4 Å². The molecule has 0 nitrogen and oxygen atoms in total. The van der Waals surface area contributed by atoms with E-state index in [0.717, 1.165) is 6.42 Å². The Morgan fingerprint density at radius 1 is 0.667 bits per heavy atom. The maximum atomic E-state index is 3.30. The van der Waals surface area contributed by atoms with Gasteiger partial charge in [-0.25, -0.2) is 12.1 Å². The first kappa shape index (κ1) is 35.8. The Kier molecular flexibility index (Phi) is 16.8. The topological polar surface area (TPSA) is 0 Å². The van der Waals surface area contributed by atoms with E-state index in [2.05, 4.69) is 105 Å². The van der Waals surface area contributed by atoms with Crippen LogP contribution < -0.4 is 24.8 Å². The molecule has 5 aromatic carbocycles. The second kappa shape index (κ2) is 19.7. The standard InChI is InChI=1S/C21H26.C13H9.C5H5.2ClH.Zr/c1-3-5-7-18-9-13-20(14-10-18)17-21-15-11-19(12-16-21)8-6-4-2;1-3-7-12-10(5-1)9-11-6-2-4-8-13(11)12;1-2-4-5-3-1;;;/h9-16H,3-8H2,1-2H3;1-5,7-8H,9H2;1-5H;2*1H;/q;2*-1;;;+2/p-2. The molecule has 0 unspecified atom stereocenters. The van der Waals surface area contributed by atoms with Crippen molar-refractivity contribution in [1.82, 2.24) is 0 Å². The molecule has 0 spiro atoms. The largest absolute Gasteiger partial charge is 1.00 e. The molecular formula is C39H40Cl2Zr-2. The van der Waals surface area contributed by atoms with Crippen molar-refractivity contribution in [2.24, 2.45) is 0 Å². The number of hydrogen-bond acceptors (Lipinski definition) is 0. The molecule has 0 saturated carbocycles. The first-order chi connectivity index (χ1) is 19.7. The molecule has 3 heteroatoms. The van der Waals surface area contributed by atoms with Crippen LogP contribution in [0.3, 0.4) is 0 Å². The molecule has 1 aliphatic rings. The molecule has 6 rings (SSSR count). The maximum absolute atomic E-state index is 3.30. The van der Waals surface area contributed by atoms with Gasteiger partial charge in [0, 0.05) is 0 Å². The number of hydrogen-bond donors (Lipinski definition) is 0. The van der Waals surface area contributed by atoms with Crippen LogP contribution in [0, 0.1) is 6.07 Å². The van der Waals surface area contributed by atoms with Gasteiger partial charge in [-0.15, -0.1) is 5.56 Å². The van der Waals surface area contributed by atoms with E-state index in [1.807, 2.05) is 36.4 Å². The van der Waals surface area contributed by atoms with Crippen molar-refractivity contribution in [1.29, 1.82) is 0 Å². The van der Waals surface area contributed by atoms with E-state index in [9.17, 15) is 0 Å². The molecule has 0 aromatic heterocycles. The summed E-state index contributed by atoms with van der Waals surface area (Å²) in [5.74, 6) is 0. The predicted molar refractivity (Wildman–Crippen MR) is 169 cm³/mol. The summed E-state index contributed by atoms with van der Waals surface area (Å²) >= 11 is 1.48. The third-order valence-corrected chi connectivity index (χ3v) is 8.71. The molecule has 0 aliphatic heterocycles. The van der Waals surface area contributed by atoms with E-state index in [4.69, 9.17) is 0 Å². The van der Waals surface area contributed by atoms with Crippen molar-refractivity contribution in [3.63, 3.8) is 0 Å². The smallest absolute Gasteiger partial charge is 0.0253 e. The summed E-state index contributed by atoms with van der Waals surface area (Å²) < 4.78 is 1.45. The van der Waals surface area contributed by atoms with Crippen molar-refractivity contribution in [3.05, 3.63) is 161 Å². The Labute approximate surface area is 281 Å². The van der Waals surface area contributed by atoms with Crippen LogP contribution in [0.15, 0.2) is 121 Å². The summed E-state index contributed by atoms with van der Waals surface area (Å²) in [6.45, 7) is 4.50. The Hall–Kier alpha value is -2.44. The zero-order valence-corrected chi connectivity index (χ0v) is 28.7. The van der Waals surface area contributed by atoms with Gasteiger partial charge in [0.1, 0.15) is 0 Å². The van der Waals surface area contributed by atoms with Gasteiger partial charge in [-0.3, -0.25) is 0 Å². The number of aryl methyl sites for hydroxylation is 2. The van der Waals surface area contributed by atoms with Crippen LogP contribution in [-0.4, -0.2) is 3.21 Å². The van der Waals surface area contributed by atoms with Gasteiger partial charge >= 0.3 is 151 Å². The number of halogens is 2. The molecule has 0 fully saturated rings. The molecule has 0 N–H and O–H groups in total. The molecule has 0 heterocycles. The van der Waals surface area contributed by atoms with Crippen LogP contribution in [0.4, 0.5) is 0 Å². The molecule has 216 valence electrons. The zero-order valence-electron chi connectivity index (χ0n) is 24.8. The monoisotopic (exact) mass is 668 g/mol. The normalized spacial score (nSPS) is 10.4. The van der Waals surface area contributed by atoms with Crippen LogP contribution in [0.2, 0.25) is 0 Å². The summed E-state index contributed by atoms with van der Waals surface area (Å²) in [6.07, 6.45) is 8.56. The first-order valence-electron chi connectivity index (χ1n) is 14.7. The van der Waals surface area contributed by atoms with Crippen LogP contribution in [0.5, 0.6) is 0 Å². The van der Waals surface area contributed by atoms with Crippen molar-refractivity contribution >= 4 is 3.21 Å². The minimum Gasteiger partial charge on any atom is -1.00 e. The minimum absolute atomic E-state index is 0. The molecule has 1 aliphatic carbocycles. The average Bonchev–Trinajstić information content (AvgIpc) is 3.72. The van der Waals surface area contributed by atoms with E-state index >= 15 is 0 Å². The summed E-state index contributed by atoms with van der Waals surface area (Å²) in [5.41, 5.74) is 11.2. The first-order valence-corrected chi connectivity index (χ1v) is 15.9. The number of benzene rings is 4. The molecule has 0 radical (unpaired) electrons. The molecule has 0 bridgehead atoms. The number of fused-ring (bicyclic) bond motifs is 3. The molecule has 42 heavy (non-hydrogen) atoms. The Morgan fingerprint density at radius 2 is 1.19 bits per heavy atom. The Morgan fingerprint density at radius 3 is 1.69 bits per heavy atom. The van der Waals surface area contributed by atoms with Crippen molar-refractivity contribution in [2.45, 2.75) is 58.8 Å². The Balaban J connectivity index is 0.000000258. The van der Waals surface area contributed by atoms with Gasteiger partial charge in [0.15, 0.2) is 0 Å². The van der Waals surface area contributed by atoms with Crippen molar-refractivity contribution in [3.8, 4) is 11.1 Å². The van der Waals surface area contributed by atoms with Crippen LogP contribution in [0.25, 0.3) is 11.1 Å². The van der Waals surface area contributed by atoms with E-state index in [-0.39, 0.29) is 24.8 Å². The van der Waals surface area contributed by atoms with Gasteiger partial charge in [0.05, 0.1) is 0 Å². The maximum Gasteiger partial charge on any atom is -0.0253 e. The SMILES string of the molecule is CCCCc1ccc([C](=[Zr+2])c2ccc(CCCC)cc2)cc1.[Cl-].[Cl-].[c-]1cccc2c1Cc1ccccc1-2.c1cc[cH-]c1. The second-order valence-corrected chi connectivity index (χ2v) is 11.6. The second-order valence-electron chi connectivity index (χ2n) is 10.3. The van der Waals surface area contributed by atoms with Gasteiger partial charge < -0.3 is 24.8 Å². The van der Waals surface area contributed by atoms with E-state index < -0.39 is 0 Å². The van der Waals surface area contributed by atoms with Gasteiger partial charge in [-0.05, 0) is 6.42 Å². The third kappa shape index (κ3) is 10.7. The van der Waals surface area contributed by atoms with Crippen molar-refractivity contribution in [2.75, 3.05) is 0 Å². The fraction of sp³-hybridized carbons (Fsp3) is 0.231. The predicted octanol–water partition coefficient (Wildman–Crippen LogP) is 3.96. The summed E-state index contributed by atoms with van der Waals surface area (Å²) in [6, 6.07) is 46.5. The molecule has 5 aromatic rings. The van der Waals surface area contributed by atoms with E-state index in [0.29, 0.717) is 0 Å². The zero-order chi connectivity index (χ0) is 28.0. The number of unbranched alkanes of at least 4 members (excludes halogenated alkanes) is 2. The fourth-order valence-corrected chi connectivity index (χ4v) is 5.74. The minimum atomic E-state index is 0. The fourth-order valence-electron chi connectivity index (χ4n) is 4.92. The molecule has 0 amide bonds. The molecule has 0 atom stereocenters. The average molecular weight is 671 g/mol. The summed E-state index contributed by atoms with van der Waals surface area (Å²) in [4.78, 5) is 0. The van der Waals surface area contributed by atoms with Crippen LogP contribution in [0.1, 0.15) is 72.9 Å². The third-order valence-electron chi connectivity index (χ3n) is 7.30. The molecular weight excluding hydrogens is 631 g/mol. The Bertz CT molecular complexity index is 1320.